The third kappa shape index (κ3) is 6.06. The van der Waals surface area contributed by atoms with Crippen LogP contribution in [-0.4, -0.2) is 42.6 Å². The number of hydrogen-bond acceptors (Lipinski definition) is 5. The molecule has 1 N–H and O–H groups in total. The maximum absolute atomic E-state index is 13.3. The molecular weight excluding hydrogens is 464 g/mol. The molecule has 0 aromatic heterocycles. The van der Waals surface area contributed by atoms with E-state index in [4.69, 9.17) is 23.2 Å². The second-order valence-electron chi connectivity index (χ2n) is 5.72. The largest absolute Gasteiger partial charge is 0.324 e. The standard InChI is InChI=1S/C9H11Cl2FN2O2S2.C8H5NO2/c1-13(2)18(15,16)14(17-9(10,11)12)8-6-4-3-5-7-8;10-7-5-3-1-2-4-6(5)8(11)9-7/h3-7H,1-2H3;1-4H,(H,9,10,11). The number of imide groups is 1. The number of amides is 2. The highest BCUT2D eigenvalue weighted by molar-refractivity contribution is 8.15. The first-order valence-corrected chi connectivity index (χ1v) is 10.8. The third-order valence-electron chi connectivity index (χ3n) is 3.47. The van der Waals surface area contributed by atoms with Gasteiger partial charge in [-0.3, -0.25) is 14.9 Å². The number of anilines is 1. The van der Waals surface area contributed by atoms with Crippen LogP contribution in [0.3, 0.4) is 0 Å². The molecule has 2 aromatic carbocycles. The van der Waals surface area contributed by atoms with Crippen LogP contribution < -0.4 is 9.03 Å². The van der Waals surface area contributed by atoms with Crippen LogP contribution in [0.5, 0.6) is 0 Å². The molecule has 3 rings (SSSR count). The van der Waals surface area contributed by atoms with Crippen LogP contribution in [-0.2, 0) is 10.2 Å². The zero-order chi connectivity index (χ0) is 21.8. The van der Waals surface area contributed by atoms with Crippen molar-refractivity contribution in [3.8, 4) is 0 Å². The highest BCUT2D eigenvalue weighted by Gasteiger charge is 2.35. The lowest BCUT2D eigenvalue weighted by atomic mass is 10.1. The molecule has 0 fully saturated rings. The van der Waals surface area contributed by atoms with Gasteiger partial charge < -0.3 is 0 Å². The Morgan fingerprint density at radius 2 is 1.38 bits per heavy atom. The van der Waals surface area contributed by atoms with Gasteiger partial charge in [0.2, 0.25) is 0 Å². The Morgan fingerprint density at radius 1 is 0.931 bits per heavy atom. The molecule has 0 unspecified atom stereocenters. The molecule has 0 atom stereocenters. The van der Waals surface area contributed by atoms with Crippen LogP contribution in [0.15, 0.2) is 54.6 Å². The van der Waals surface area contributed by atoms with E-state index >= 15 is 0 Å². The van der Waals surface area contributed by atoms with E-state index in [1.165, 1.54) is 26.2 Å². The van der Waals surface area contributed by atoms with E-state index in [-0.39, 0.29) is 29.4 Å². The fourth-order valence-corrected chi connectivity index (χ4v) is 4.99. The number of carbonyl (C=O) groups excluding carboxylic acids is 2. The van der Waals surface area contributed by atoms with E-state index in [1.54, 1.807) is 42.5 Å². The number of nitrogens with one attached hydrogen (secondary N) is 1. The number of halogens is 3. The lowest BCUT2D eigenvalue weighted by Gasteiger charge is -2.27. The van der Waals surface area contributed by atoms with Crippen molar-refractivity contribution in [1.82, 2.24) is 9.62 Å². The van der Waals surface area contributed by atoms with Crippen LogP contribution in [0.4, 0.5) is 10.1 Å². The minimum Gasteiger partial charge on any atom is -0.288 e. The minimum absolute atomic E-state index is 0.158. The molecule has 1 aliphatic heterocycles. The summed E-state index contributed by atoms with van der Waals surface area (Å²) in [4.78, 5) is 21.9. The lowest BCUT2D eigenvalue weighted by Crippen LogP contribution is -2.37. The Labute approximate surface area is 182 Å². The van der Waals surface area contributed by atoms with E-state index < -0.39 is 14.1 Å². The summed E-state index contributed by atoms with van der Waals surface area (Å²) in [6.45, 7) is 0. The zero-order valence-corrected chi connectivity index (χ0v) is 18.3. The minimum atomic E-state index is -3.90. The predicted molar refractivity (Wildman–Crippen MR) is 113 cm³/mol. The smallest absolute Gasteiger partial charge is 0.288 e. The summed E-state index contributed by atoms with van der Waals surface area (Å²) < 4.78 is 36.3. The normalized spacial score (nSPS) is 13.4. The van der Waals surface area contributed by atoms with Crippen LogP contribution in [0, 0.1) is 0 Å². The van der Waals surface area contributed by atoms with Crippen LogP contribution in [0.25, 0.3) is 0 Å². The SMILES string of the molecule is CN(C)S(=O)(=O)N(SC(F)(Cl)Cl)c1ccccc1.O=C1NC(=O)c2ccccc21. The molecule has 0 radical (unpaired) electrons. The zero-order valence-electron chi connectivity index (χ0n) is 15.2. The van der Waals surface area contributed by atoms with Crippen molar-refractivity contribution in [3.05, 3.63) is 65.7 Å². The summed E-state index contributed by atoms with van der Waals surface area (Å²) in [5.41, 5.74) is 1.19. The lowest BCUT2D eigenvalue weighted by molar-refractivity contribution is 0.0879. The molecule has 0 saturated heterocycles. The molecule has 2 aromatic rings. The first-order chi connectivity index (χ1) is 13.4. The average molecular weight is 480 g/mol. The van der Waals surface area contributed by atoms with Gasteiger partial charge in [-0.15, -0.1) is 0 Å². The van der Waals surface area contributed by atoms with Crippen molar-refractivity contribution < 1.29 is 22.4 Å². The second kappa shape index (κ2) is 9.31. The highest BCUT2D eigenvalue weighted by Crippen LogP contribution is 2.42. The maximum atomic E-state index is 13.3. The molecule has 0 bridgehead atoms. The summed E-state index contributed by atoms with van der Waals surface area (Å²) in [5, 5.41) is 2.20. The third-order valence-corrected chi connectivity index (χ3v) is 6.81. The van der Waals surface area contributed by atoms with Gasteiger partial charge in [-0.05, 0) is 24.3 Å². The molecule has 0 aliphatic carbocycles. The number of hydrogen-bond donors (Lipinski definition) is 1. The van der Waals surface area contributed by atoms with Gasteiger partial charge >= 0.3 is 14.1 Å². The molecule has 0 spiro atoms. The topological polar surface area (TPSA) is 86.8 Å². The number of fused-ring (bicyclic) bond motifs is 1. The van der Waals surface area contributed by atoms with Crippen LogP contribution in [0.2, 0.25) is 0 Å². The second-order valence-corrected chi connectivity index (χ2v) is 10.7. The molecular formula is C17H16Cl2FN3O4S2. The fraction of sp³-hybridized carbons (Fsp3) is 0.176. The van der Waals surface area contributed by atoms with Gasteiger partial charge in [0.1, 0.15) is 0 Å². The Morgan fingerprint density at radius 3 is 1.79 bits per heavy atom. The monoisotopic (exact) mass is 479 g/mol. The average Bonchev–Trinajstić information content (AvgIpc) is 2.94. The fourth-order valence-electron chi connectivity index (χ4n) is 2.14. The maximum Gasteiger partial charge on any atom is 0.324 e. The summed E-state index contributed by atoms with van der Waals surface area (Å²) >= 11 is 10.6. The van der Waals surface area contributed by atoms with Crippen molar-refractivity contribution in [2.45, 2.75) is 3.92 Å². The van der Waals surface area contributed by atoms with E-state index in [1.807, 2.05) is 0 Å². The number of alkyl halides is 3. The molecule has 1 heterocycles. The molecule has 12 heteroatoms. The van der Waals surface area contributed by atoms with Gasteiger partial charge in [0.15, 0.2) is 0 Å². The van der Waals surface area contributed by atoms with E-state index in [0.717, 1.165) is 8.02 Å². The van der Waals surface area contributed by atoms with Crippen molar-refractivity contribution in [1.29, 1.82) is 0 Å². The number of rotatable bonds is 5. The quantitative estimate of drug-likeness (QED) is 0.402. The summed E-state index contributed by atoms with van der Waals surface area (Å²) in [6, 6.07) is 14.7. The van der Waals surface area contributed by atoms with E-state index in [2.05, 4.69) is 5.32 Å². The molecule has 7 nitrogen and oxygen atoms in total. The van der Waals surface area contributed by atoms with Gasteiger partial charge in [0.25, 0.3) is 11.8 Å². The van der Waals surface area contributed by atoms with Crippen molar-refractivity contribution in [3.63, 3.8) is 0 Å². The molecule has 2 amide bonds. The Kier molecular flexibility index (Phi) is 7.52. The molecule has 29 heavy (non-hydrogen) atoms. The van der Waals surface area contributed by atoms with Crippen molar-refractivity contribution in [2.75, 3.05) is 17.8 Å². The number of carbonyl (C=O) groups is 2. The number of para-hydroxylation sites is 1. The summed E-state index contributed by atoms with van der Waals surface area (Å²) in [6.07, 6.45) is 0. The Balaban J connectivity index is 0.000000230. The van der Waals surface area contributed by atoms with Crippen LogP contribution in [0.1, 0.15) is 20.7 Å². The summed E-state index contributed by atoms with van der Waals surface area (Å²) in [7, 11) is -1.25. The Hall–Kier alpha value is -1.85. The first-order valence-electron chi connectivity index (χ1n) is 7.92. The molecule has 1 aliphatic rings. The van der Waals surface area contributed by atoms with Gasteiger partial charge in [0.05, 0.1) is 16.8 Å². The van der Waals surface area contributed by atoms with Crippen LogP contribution >= 0.6 is 35.1 Å². The van der Waals surface area contributed by atoms with Gasteiger partial charge in [-0.2, -0.15) is 20.8 Å². The van der Waals surface area contributed by atoms with Gasteiger partial charge in [-0.25, -0.2) is 0 Å². The first kappa shape index (κ1) is 23.4. The van der Waals surface area contributed by atoms with E-state index in [0.29, 0.717) is 11.1 Å². The predicted octanol–water partition coefficient (Wildman–Crippen LogP) is 3.58. The Bertz CT molecular complexity index is 966. The summed E-state index contributed by atoms with van der Waals surface area (Å²) in [5.74, 6) is -0.601. The van der Waals surface area contributed by atoms with Gasteiger partial charge in [-0.1, -0.05) is 53.5 Å². The van der Waals surface area contributed by atoms with Crippen molar-refractivity contribution >= 4 is 62.9 Å². The molecule has 156 valence electrons. The van der Waals surface area contributed by atoms with E-state index in [9.17, 15) is 22.4 Å². The number of nitrogens with zero attached hydrogens (tertiary/aromatic N) is 2. The van der Waals surface area contributed by atoms with Crippen molar-refractivity contribution in [2.24, 2.45) is 0 Å². The number of benzene rings is 2. The van der Waals surface area contributed by atoms with Gasteiger partial charge in [0, 0.05) is 26.0 Å². The molecule has 0 saturated carbocycles. The highest BCUT2D eigenvalue weighted by atomic mass is 35.5.